The minimum Gasteiger partial charge on any atom is -0.457 e. The van der Waals surface area contributed by atoms with Gasteiger partial charge in [-0.05, 0) is 22.0 Å². The first-order chi connectivity index (χ1) is 4.86. The lowest BCUT2D eigenvalue weighted by atomic mass is 10.3. The van der Waals surface area contributed by atoms with Crippen molar-refractivity contribution in [3.8, 4) is 0 Å². The third kappa shape index (κ3) is 1.04. The fourth-order valence-corrected chi connectivity index (χ4v) is 1.08. The molecule has 50 valence electrons. The van der Waals surface area contributed by atoms with Crippen molar-refractivity contribution in [2.45, 2.75) is 0 Å². The summed E-state index contributed by atoms with van der Waals surface area (Å²) in [5.74, 6) is 0.911. The Hall–Kier alpha value is -0.830. The molecular formula is C7H4BrNO. The van der Waals surface area contributed by atoms with Gasteiger partial charge in [0.25, 0.3) is 0 Å². The number of hydrogen-bond donors (Lipinski definition) is 0. The van der Waals surface area contributed by atoms with Crippen LogP contribution >= 0.6 is 15.9 Å². The van der Waals surface area contributed by atoms with Gasteiger partial charge in [0.1, 0.15) is 6.26 Å². The molecule has 2 heterocycles. The predicted octanol–water partition coefficient (Wildman–Crippen LogP) is 2.17. The summed E-state index contributed by atoms with van der Waals surface area (Å²) >= 11 is 3.31. The molecule has 0 atom stereocenters. The van der Waals surface area contributed by atoms with E-state index in [0.717, 1.165) is 15.8 Å². The smallest absolute Gasteiger partial charge is 0.170 e. The summed E-state index contributed by atoms with van der Waals surface area (Å²) in [4.78, 5) is 3.98. The van der Waals surface area contributed by atoms with Crippen molar-refractivity contribution < 1.29 is 4.74 Å². The molecule has 1 aliphatic rings. The Labute approximate surface area is 66.7 Å². The highest BCUT2D eigenvalue weighted by Gasteiger charge is 2.12. The Balaban J connectivity index is 2.42. The first-order valence-electron chi connectivity index (χ1n) is 2.84. The third-order valence-electron chi connectivity index (χ3n) is 1.23. The quantitative estimate of drug-likeness (QED) is 0.690. The molecule has 1 aliphatic heterocycles. The van der Waals surface area contributed by atoms with Crippen LogP contribution in [0.25, 0.3) is 5.76 Å². The number of nitrogens with zero attached hydrogens (tertiary/aromatic N) is 1. The number of rotatable bonds is 1. The largest absolute Gasteiger partial charge is 0.457 e. The van der Waals surface area contributed by atoms with Gasteiger partial charge in [0.15, 0.2) is 5.76 Å². The topological polar surface area (TPSA) is 25.4 Å². The molecule has 0 saturated carbocycles. The highest BCUT2D eigenvalue weighted by Crippen LogP contribution is 2.27. The first-order valence-corrected chi connectivity index (χ1v) is 3.63. The van der Waals surface area contributed by atoms with Crippen LogP contribution in [0.3, 0.4) is 0 Å². The van der Waals surface area contributed by atoms with Crippen LogP contribution in [0.2, 0.25) is 0 Å². The van der Waals surface area contributed by atoms with Crippen molar-refractivity contribution in [1.82, 2.24) is 4.98 Å². The Morgan fingerprint density at radius 2 is 2.20 bits per heavy atom. The summed E-state index contributed by atoms with van der Waals surface area (Å²) in [7, 11) is 0. The summed E-state index contributed by atoms with van der Waals surface area (Å²) in [5.41, 5.74) is 1.02. The lowest BCUT2D eigenvalue weighted by molar-refractivity contribution is 0.563. The minimum atomic E-state index is 0.911. The van der Waals surface area contributed by atoms with Crippen molar-refractivity contribution in [2.75, 3.05) is 0 Å². The van der Waals surface area contributed by atoms with Crippen molar-refractivity contribution in [2.24, 2.45) is 0 Å². The molecule has 0 fully saturated rings. The zero-order chi connectivity index (χ0) is 6.97. The fourth-order valence-electron chi connectivity index (χ4n) is 0.712. The number of ether oxygens (including phenoxy) is 1. The normalized spacial score (nSPS) is 13.9. The molecule has 0 unspecified atom stereocenters. The van der Waals surface area contributed by atoms with E-state index in [1.54, 1.807) is 18.7 Å². The van der Waals surface area contributed by atoms with Crippen molar-refractivity contribution in [3.63, 3.8) is 0 Å². The van der Waals surface area contributed by atoms with E-state index in [1.807, 2.05) is 6.07 Å². The van der Waals surface area contributed by atoms with Crippen LogP contribution in [0.5, 0.6) is 0 Å². The molecule has 0 aromatic carbocycles. The zero-order valence-electron chi connectivity index (χ0n) is 5.04. The Morgan fingerprint density at radius 3 is 2.80 bits per heavy atom. The minimum absolute atomic E-state index is 0.911. The maximum Gasteiger partial charge on any atom is 0.170 e. The van der Waals surface area contributed by atoms with Crippen LogP contribution in [-0.2, 0) is 4.74 Å². The fraction of sp³-hybridized carbons (Fsp3) is 0. The molecule has 1 aromatic heterocycles. The van der Waals surface area contributed by atoms with Crippen LogP contribution in [0, 0.1) is 0 Å². The standard InChI is InChI=1S/C7H4BrNO/c8-6-1-5(2-9-3-6)7-4-10-7/h1-4H. The number of pyridine rings is 1. The van der Waals surface area contributed by atoms with Gasteiger partial charge in [-0.3, -0.25) is 4.98 Å². The van der Waals surface area contributed by atoms with E-state index < -0.39 is 0 Å². The molecule has 0 N–H and O–H groups in total. The van der Waals surface area contributed by atoms with Gasteiger partial charge in [-0.2, -0.15) is 0 Å². The average molecular weight is 198 g/mol. The SMILES string of the molecule is Brc1cncc(C2=CO2)c1. The number of halogens is 1. The summed E-state index contributed by atoms with van der Waals surface area (Å²) in [6.07, 6.45) is 5.21. The molecule has 2 rings (SSSR count). The molecule has 2 nitrogen and oxygen atoms in total. The predicted molar refractivity (Wildman–Crippen MR) is 41.0 cm³/mol. The molecule has 1 aromatic rings. The monoisotopic (exact) mass is 197 g/mol. The second-order valence-corrected chi connectivity index (χ2v) is 2.91. The molecule has 0 aliphatic carbocycles. The summed E-state index contributed by atoms with van der Waals surface area (Å²) < 4.78 is 5.85. The van der Waals surface area contributed by atoms with E-state index in [1.165, 1.54) is 0 Å². The highest BCUT2D eigenvalue weighted by molar-refractivity contribution is 9.10. The molecular weight excluding hydrogens is 194 g/mol. The van der Waals surface area contributed by atoms with Crippen LogP contribution in [0.1, 0.15) is 5.56 Å². The van der Waals surface area contributed by atoms with Gasteiger partial charge in [-0.1, -0.05) is 0 Å². The molecule has 0 spiro atoms. The maximum absolute atomic E-state index is 4.88. The van der Waals surface area contributed by atoms with Crippen molar-refractivity contribution in [3.05, 3.63) is 34.8 Å². The molecule has 0 saturated heterocycles. The summed E-state index contributed by atoms with van der Waals surface area (Å²) in [6.45, 7) is 0. The van der Waals surface area contributed by atoms with Crippen molar-refractivity contribution >= 4 is 21.7 Å². The maximum atomic E-state index is 4.88. The van der Waals surface area contributed by atoms with E-state index in [4.69, 9.17) is 4.74 Å². The van der Waals surface area contributed by atoms with E-state index in [9.17, 15) is 0 Å². The molecule has 0 radical (unpaired) electrons. The molecule has 3 heteroatoms. The van der Waals surface area contributed by atoms with E-state index >= 15 is 0 Å². The van der Waals surface area contributed by atoms with E-state index in [0.29, 0.717) is 0 Å². The van der Waals surface area contributed by atoms with Gasteiger partial charge in [-0.25, -0.2) is 0 Å². The van der Waals surface area contributed by atoms with Gasteiger partial charge in [-0.15, -0.1) is 0 Å². The van der Waals surface area contributed by atoms with Crippen LogP contribution < -0.4 is 0 Å². The van der Waals surface area contributed by atoms with Gasteiger partial charge >= 0.3 is 0 Å². The number of aromatic nitrogens is 1. The summed E-state index contributed by atoms with van der Waals surface area (Å²) in [6, 6.07) is 1.96. The first kappa shape index (κ1) is 5.92. The molecule has 0 bridgehead atoms. The molecule has 10 heavy (non-hydrogen) atoms. The van der Waals surface area contributed by atoms with Gasteiger partial charge < -0.3 is 4.74 Å². The Morgan fingerprint density at radius 1 is 1.40 bits per heavy atom. The van der Waals surface area contributed by atoms with E-state index in [2.05, 4.69) is 20.9 Å². The second kappa shape index (κ2) is 2.09. The lowest BCUT2D eigenvalue weighted by Gasteiger charge is -1.90. The highest BCUT2D eigenvalue weighted by atomic mass is 79.9. The second-order valence-electron chi connectivity index (χ2n) is 1.99. The van der Waals surface area contributed by atoms with Crippen LogP contribution in [0.15, 0.2) is 29.2 Å². The van der Waals surface area contributed by atoms with Crippen molar-refractivity contribution in [1.29, 1.82) is 0 Å². The Kier molecular flexibility index (Phi) is 1.24. The lowest BCUT2D eigenvalue weighted by Crippen LogP contribution is -1.77. The van der Waals surface area contributed by atoms with E-state index in [-0.39, 0.29) is 0 Å². The Bertz CT molecular complexity index is 295. The summed E-state index contributed by atoms with van der Waals surface area (Å²) in [5, 5.41) is 0. The van der Waals surface area contributed by atoms with Crippen LogP contribution in [0.4, 0.5) is 0 Å². The molecule has 0 amide bonds. The average Bonchev–Trinajstić information content (AvgIpc) is 2.68. The number of hydrogen-bond acceptors (Lipinski definition) is 2. The third-order valence-corrected chi connectivity index (χ3v) is 1.66. The van der Waals surface area contributed by atoms with Crippen LogP contribution in [-0.4, -0.2) is 4.98 Å². The van der Waals surface area contributed by atoms with Gasteiger partial charge in [0.2, 0.25) is 0 Å². The van der Waals surface area contributed by atoms with Gasteiger partial charge in [0.05, 0.1) is 0 Å². The zero-order valence-corrected chi connectivity index (χ0v) is 6.63. The van der Waals surface area contributed by atoms with Gasteiger partial charge in [0, 0.05) is 22.4 Å².